The smallest absolute Gasteiger partial charge is 0.347 e. The molecule has 4 atom stereocenters. The van der Waals surface area contributed by atoms with Gasteiger partial charge in [-0.2, -0.15) is 4.40 Å². The number of thiazole rings is 2. The molecule has 18 heteroatoms. The number of nitrogens with zero attached hydrogens (tertiary/aromatic N) is 5. The number of imidazole rings is 1. The van der Waals surface area contributed by atoms with Gasteiger partial charge >= 0.3 is 5.97 Å². The third-order valence-electron chi connectivity index (χ3n) is 6.40. The number of halogens is 1. The first-order chi connectivity index (χ1) is 19.5. The van der Waals surface area contributed by atoms with Gasteiger partial charge in [0.15, 0.2) is 17.1 Å². The molecule has 0 spiro atoms. The van der Waals surface area contributed by atoms with Crippen molar-refractivity contribution in [3.8, 4) is 0 Å². The van der Waals surface area contributed by atoms with E-state index in [2.05, 4.69) is 15.5 Å². The molecule has 41 heavy (non-hydrogen) atoms. The third kappa shape index (κ3) is 5.30. The summed E-state index contributed by atoms with van der Waals surface area (Å²) in [7, 11) is 0. The van der Waals surface area contributed by atoms with Gasteiger partial charge in [-0.05, 0) is 13.8 Å². The minimum absolute atomic E-state index is 0.0293. The first-order valence-electron chi connectivity index (χ1n) is 12.1. The lowest BCUT2D eigenvalue weighted by Crippen LogP contribution is -2.70. The molecule has 3 aromatic rings. The molecule has 0 bridgehead atoms. The van der Waals surface area contributed by atoms with Gasteiger partial charge in [0.1, 0.15) is 46.4 Å². The number of hydrogen-bond donors (Lipinski definition) is 4. The number of fused-ring (bicyclic) bond motifs is 2. The molecule has 0 radical (unpaired) electrons. The van der Waals surface area contributed by atoms with Crippen molar-refractivity contribution in [2.75, 3.05) is 11.5 Å². The maximum Gasteiger partial charge on any atom is 0.347 e. The molecule has 2 amide bonds. The average Bonchev–Trinajstić information content (AvgIpc) is 3.60. The Kier molecular flexibility index (Phi) is 8.06. The lowest BCUT2D eigenvalue weighted by molar-refractivity contribution is -0.696. The number of rotatable bonds is 10. The Morgan fingerprint density at radius 3 is 2.83 bits per heavy atom. The van der Waals surface area contributed by atoms with Crippen LogP contribution in [0.3, 0.4) is 0 Å². The normalized spacial score (nSPS) is 20.4. The zero-order valence-corrected chi connectivity index (χ0v) is 24.7. The van der Waals surface area contributed by atoms with Crippen LogP contribution in [-0.2, 0) is 30.6 Å². The number of allylic oxidation sites excluding steroid dienone is 1. The van der Waals surface area contributed by atoms with Crippen molar-refractivity contribution in [1.82, 2.24) is 19.6 Å². The molecule has 0 aliphatic carbocycles. The molecule has 1 fully saturated rings. The van der Waals surface area contributed by atoms with Gasteiger partial charge in [0.05, 0.1) is 5.70 Å². The fourth-order valence-electron chi connectivity index (χ4n) is 4.49. The Morgan fingerprint density at radius 1 is 1.44 bits per heavy atom. The number of β-lactam (4-membered cyclic amide) rings is 1. The van der Waals surface area contributed by atoms with Gasteiger partial charge in [0.25, 0.3) is 17.6 Å². The van der Waals surface area contributed by atoms with E-state index in [-0.39, 0.29) is 26.9 Å². The SMILES string of the molecule is C[C@H](O/N=C(\C(=O)N[C@@H]1C(=O)N2C(C=O)=C(C[n+]3cc4sccn4c3[C@@H](C)N)CS[C@H]12)c1nc(N)sc1Cl)C(=O)O. The second-order valence-electron chi connectivity index (χ2n) is 9.18. The van der Waals surface area contributed by atoms with Gasteiger partial charge in [0.2, 0.25) is 10.9 Å². The topological polar surface area (TPSA) is 199 Å². The number of carbonyl (C=O) groups excluding carboxylic acids is 3. The number of aromatic nitrogens is 3. The summed E-state index contributed by atoms with van der Waals surface area (Å²) in [6, 6.07) is -1.27. The number of thioether (sulfide) groups is 1. The number of nitrogens with two attached hydrogens (primary N) is 2. The Balaban J connectivity index is 1.37. The van der Waals surface area contributed by atoms with Gasteiger partial charge in [-0.3, -0.25) is 19.3 Å². The molecule has 5 rings (SSSR count). The number of amides is 2. The minimum atomic E-state index is -1.38. The summed E-state index contributed by atoms with van der Waals surface area (Å²) >= 11 is 10.00. The van der Waals surface area contributed by atoms with Crippen molar-refractivity contribution in [1.29, 1.82) is 0 Å². The highest BCUT2D eigenvalue weighted by atomic mass is 35.5. The van der Waals surface area contributed by atoms with Crippen LogP contribution >= 0.6 is 46.0 Å². The quantitative estimate of drug-likeness (QED) is 0.0807. The fraction of sp³-hybridized carbons (Fsp3) is 0.348. The summed E-state index contributed by atoms with van der Waals surface area (Å²) in [4.78, 5) is 61.1. The molecule has 216 valence electrons. The number of carboxylic acid groups (broad SMARTS) is 1. The summed E-state index contributed by atoms with van der Waals surface area (Å²) < 4.78 is 4.00. The van der Waals surface area contributed by atoms with E-state index >= 15 is 0 Å². The van der Waals surface area contributed by atoms with Crippen LogP contribution in [0.2, 0.25) is 4.34 Å². The molecule has 14 nitrogen and oxygen atoms in total. The molecular formula is C23H24ClN8O6S3+. The lowest BCUT2D eigenvalue weighted by Gasteiger charge is -2.49. The van der Waals surface area contributed by atoms with Crippen LogP contribution in [0.1, 0.15) is 31.4 Å². The standard InChI is InChI=1S/C23H23ClN8O6S3/c1-9(25)19-30(6-13-31(19)3-4-39-13)5-11-8-40-21-16(20(35)32(21)12(11)7-33)27-18(34)15(29-38-10(2)22(36)37)14-17(24)41-23(26)28-14/h3-4,6-7,9-10,16,21H,5,8,25H2,1-2H3,(H3-,26,27,28,34,36,37)/p+1/b29-15-/t9-,10+,16-,21-/m1/s1. The van der Waals surface area contributed by atoms with Gasteiger partial charge in [-0.25, -0.2) is 14.3 Å². The predicted molar refractivity (Wildman–Crippen MR) is 152 cm³/mol. The van der Waals surface area contributed by atoms with E-state index in [1.807, 2.05) is 33.7 Å². The number of carbonyl (C=O) groups is 4. The van der Waals surface area contributed by atoms with E-state index in [9.17, 15) is 19.2 Å². The third-order valence-corrected chi connectivity index (χ3v) is 9.62. The monoisotopic (exact) mass is 639 g/mol. The number of oxime groups is 1. The summed E-state index contributed by atoms with van der Waals surface area (Å²) in [6.45, 7) is 3.46. The van der Waals surface area contributed by atoms with Crippen molar-refractivity contribution < 1.29 is 33.7 Å². The fourth-order valence-corrected chi connectivity index (χ4v) is 7.55. The predicted octanol–water partition coefficient (Wildman–Crippen LogP) is 0.747. The number of aldehydes is 1. The van der Waals surface area contributed by atoms with Crippen LogP contribution in [0.5, 0.6) is 0 Å². The molecule has 5 heterocycles. The molecule has 1 saturated heterocycles. The summed E-state index contributed by atoms with van der Waals surface area (Å²) in [5.41, 5.74) is 12.4. The summed E-state index contributed by atoms with van der Waals surface area (Å²) in [5, 5.41) is 16.8. The van der Waals surface area contributed by atoms with E-state index in [0.717, 1.165) is 27.6 Å². The molecular weight excluding hydrogens is 616 g/mol. The Hall–Kier alpha value is -3.51. The highest BCUT2D eigenvalue weighted by molar-refractivity contribution is 8.00. The number of nitrogen functional groups attached to an aromatic ring is 1. The largest absolute Gasteiger partial charge is 0.478 e. The van der Waals surface area contributed by atoms with Crippen LogP contribution in [0.4, 0.5) is 5.13 Å². The summed E-state index contributed by atoms with van der Waals surface area (Å²) in [6.07, 6.45) is 3.16. The van der Waals surface area contributed by atoms with Gasteiger partial charge in [0, 0.05) is 16.7 Å². The van der Waals surface area contributed by atoms with Crippen LogP contribution in [0.25, 0.3) is 4.83 Å². The second kappa shape index (κ2) is 11.4. The van der Waals surface area contributed by atoms with Crippen LogP contribution in [0, 0.1) is 0 Å². The van der Waals surface area contributed by atoms with Crippen molar-refractivity contribution >= 4 is 85.8 Å². The number of hydrogen-bond acceptors (Lipinski definition) is 12. The van der Waals surface area contributed by atoms with Crippen LogP contribution in [-0.4, -0.2) is 72.4 Å². The number of aliphatic carboxylic acids is 1. The van der Waals surface area contributed by atoms with Gasteiger partial charge in [-0.1, -0.05) is 39.4 Å². The Morgan fingerprint density at radius 2 is 2.20 bits per heavy atom. The first-order valence-corrected chi connectivity index (χ1v) is 15.2. The number of nitrogens with one attached hydrogen (secondary N) is 1. The van der Waals surface area contributed by atoms with Crippen molar-refractivity contribution in [2.24, 2.45) is 10.9 Å². The van der Waals surface area contributed by atoms with E-state index in [1.165, 1.54) is 23.6 Å². The lowest BCUT2D eigenvalue weighted by atomic mass is 10.0. The van der Waals surface area contributed by atoms with E-state index in [1.54, 1.807) is 11.3 Å². The zero-order chi connectivity index (χ0) is 29.6. The van der Waals surface area contributed by atoms with Crippen LogP contribution < -0.4 is 21.4 Å². The highest BCUT2D eigenvalue weighted by Gasteiger charge is 2.53. The average molecular weight is 640 g/mol. The molecule has 2 aliphatic rings. The molecule has 2 aliphatic heterocycles. The van der Waals surface area contributed by atoms with E-state index < -0.39 is 41.0 Å². The minimum Gasteiger partial charge on any atom is -0.478 e. The second-order valence-corrected chi connectivity index (χ2v) is 12.8. The Bertz CT molecular complexity index is 1630. The zero-order valence-electron chi connectivity index (χ0n) is 21.5. The van der Waals surface area contributed by atoms with Gasteiger partial charge in [-0.15, -0.1) is 11.8 Å². The maximum absolute atomic E-state index is 13.2. The summed E-state index contributed by atoms with van der Waals surface area (Å²) in [5.74, 6) is -1.39. The van der Waals surface area contributed by atoms with Crippen LogP contribution in [0.15, 0.2) is 34.2 Å². The molecule has 3 aromatic heterocycles. The first kappa shape index (κ1) is 29.0. The van der Waals surface area contributed by atoms with Crippen molar-refractivity contribution in [3.05, 3.63) is 44.9 Å². The number of anilines is 1. The molecule has 6 N–H and O–H groups in total. The number of carboxylic acids is 1. The highest BCUT2D eigenvalue weighted by Crippen LogP contribution is 2.40. The van der Waals surface area contributed by atoms with Gasteiger partial charge < -0.3 is 26.7 Å². The molecule has 0 aromatic carbocycles. The molecule has 0 unspecified atom stereocenters. The Labute approximate surface area is 249 Å². The molecule has 0 saturated carbocycles. The van der Waals surface area contributed by atoms with E-state index in [4.69, 9.17) is 33.0 Å². The maximum atomic E-state index is 13.2. The van der Waals surface area contributed by atoms with E-state index in [0.29, 0.717) is 18.6 Å². The van der Waals surface area contributed by atoms with Crippen molar-refractivity contribution in [3.63, 3.8) is 0 Å². The van der Waals surface area contributed by atoms with Crippen molar-refractivity contribution in [2.45, 2.75) is 44.0 Å².